The van der Waals surface area contributed by atoms with E-state index in [-0.39, 0.29) is 0 Å². The predicted molar refractivity (Wildman–Crippen MR) is 114 cm³/mol. The number of hydrogen-bond donors (Lipinski definition) is 1. The van der Waals surface area contributed by atoms with Crippen LogP contribution in [-0.4, -0.2) is 6.26 Å². The molecule has 2 aromatic carbocycles. The molecule has 0 saturated carbocycles. The minimum Gasteiger partial charge on any atom is -0.183 e. The molecule has 0 unspecified atom stereocenters. The second-order valence-electron chi connectivity index (χ2n) is 5.28. The molecule has 24 heavy (non-hydrogen) atoms. The molecule has 0 radical (unpaired) electrons. The Labute approximate surface area is 154 Å². The van der Waals surface area contributed by atoms with E-state index in [4.69, 9.17) is 0 Å². The second kappa shape index (κ2) is 14.6. The Morgan fingerprint density at radius 2 is 1.54 bits per heavy atom. The quantitative estimate of drug-likeness (QED) is 0.443. The maximum atomic E-state index is 4.16. The van der Waals surface area contributed by atoms with Crippen LogP contribution in [0.1, 0.15) is 23.1 Å². The normalized spacial score (nSPS) is 9.46. The van der Waals surface area contributed by atoms with Crippen molar-refractivity contribution in [2.45, 2.75) is 26.2 Å². The van der Waals surface area contributed by atoms with E-state index in [1.54, 1.807) is 6.26 Å². The topological polar surface area (TPSA) is 0 Å². The van der Waals surface area contributed by atoms with Gasteiger partial charge in [-0.15, -0.1) is 13.2 Å². The minimum atomic E-state index is 0.959. The zero-order valence-corrected chi connectivity index (χ0v) is 15.9. The maximum absolute atomic E-state index is 4.16. The van der Waals surface area contributed by atoms with Crippen LogP contribution in [0.5, 0.6) is 0 Å². The van der Waals surface area contributed by atoms with Crippen LogP contribution < -0.4 is 0 Å². The Bertz CT molecular complexity index is 596. The van der Waals surface area contributed by atoms with Crippen molar-refractivity contribution in [3.05, 3.63) is 109 Å². The molecule has 0 spiro atoms. The summed E-state index contributed by atoms with van der Waals surface area (Å²) in [6.45, 7) is 12.3. The number of hydrogen-bond acceptors (Lipinski definition) is 1. The summed E-state index contributed by atoms with van der Waals surface area (Å²) in [6.07, 6.45) is 9.09. The number of allylic oxidation sites excluding steroid dienone is 3. The monoisotopic (exact) mass is 338 g/mol. The lowest BCUT2D eigenvalue weighted by Crippen LogP contribution is -1.88. The van der Waals surface area contributed by atoms with Crippen LogP contribution in [0, 0.1) is 6.92 Å². The van der Waals surface area contributed by atoms with Crippen molar-refractivity contribution in [2.75, 3.05) is 6.26 Å². The molecule has 1 heteroatoms. The van der Waals surface area contributed by atoms with Gasteiger partial charge in [-0.2, -0.15) is 12.6 Å². The summed E-state index contributed by atoms with van der Waals surface area (Å²) in [5.41, 5.74) is 5.29. The van der Waals surface area contributed by atoms with Gasteiger partial charge in [-0.3, -0.25) is 0 Å². The van der Waals surface area contributed by atoms with Crippen molar-refractivity contribution in [3.8, 4) is 0 Å². The summed E-state index contributed by atoms with van der Waals surface area (Å²) in [5.74, 6) is 0. The fraction of sp³-hybridized carbons (Fsp3) is 0.217. The van der Waals surface area contributed by atoms with Crippen molar-refractivity contribution >= 4 is 12.6 Å². The molecule has 2 rings (SSSR count). The van der Waals surface area contributed by atoms with Crippen LogP contribution in [0.4, 0.5) is 0 Å². The Morgan fingerprint density at radius 3 is 2.17 bits per heavy atom. The molecular weight excluding hydrogens is 308 g/mol. The van der Waals surface area contributed by atoms with Crippen molar-refractivity contribution in [2.24, 2.45) is 0 Å². The molecule has 0 atom stereocenters. The fourth-order valence-electron chi connectivity index (χ4n) is 2.27. The van der Waals surface area contributed by atoms with Gasteiger partial charge in [0.15, 0.2) is 0 Å². The summed E-state index contributed by atoms with van der Waals surface area (Å²) >= 11 is 3.53. The van der Waals surface area contributed by atoms with Gasteiger partial charge in [0.2, 0.25) is 0 Å². The molecule has 0 amide bonds. The molecule has 0 aliphatic rings. The lowest BCUT2D eigenvalue weighted by molar-refractivity contribution is 1.07. The molecular formula is C23H30S. The van der Waals surface area contributed by atoms with Crippen molar-refractivity contribution < 1.29 is 0 Å². The largest absolute Gasteiger partial charge is 0.183 e. The first-order valence-electron chi connectivity index (χ1n) is 8.10. The average Bonchev–Trinajstić information content (AvgIpc) is 2.63. The van der Waals surface area contributed by atoms with E-state index >= 15 is 0 Å². The Balaban J connectivity index is 0.00000123. The number of rotatable bonds is 6. The van der Waals surface area contributed by atoms with E-state index in [1.165, 1.54) is 22.3 Å². The standard InChI is InChI=1S/C20H22.C2H4.CH4S/c1-17(15-19-11-4-3-5-12-19)9-6-7-13-20-14-8-10-18(2)16-20;2*1-2/h3-8,10-12,14,16H,1,9,13,15H2,2H3;1-2H2;2H,1H3/b7-6+;;. The van der Waals surface area contributed by atoms with E-state index in [2.05, 4.69) is 100.0 Å². The van der Waals surface area contributed by atoms with E-state index < -0.39 is 0 Å². The number of benzene rings is 2. The van der Waals surface area contributed by atoms with Gasteiger partial charge in [-0.05, 0) is 43.6 Å². The first-order chi connectivity index (χ1) is 11.7. The fourth-order valence-corrected chi connectivity index (χ4v) is 2.27. The Morgan fingerprint density at radius 1 is 0.917 bits per heavy atom. The summed E-state index contributed by atoms with van der Waals surface area (Å²) in [4.78, 5) is 0. The van der Waals surface area contributed by atoms with Crippen LogP contribution in [0.3, 0.4) is 0 Å². The van der Waals surface area contributed by atoms with Gasteiger partial charge in [0.1, 0.15) is 0 Å². The first-order valence-corrected chi connectivity index (χ1v) is 8.99. The Hall–Kier alpha value is -1.99. The van der Waals surface area contributed by atoms with Crippen molar-refractivity contribution in [1.29, 1.82) is 0 Å². The van der Waals surface area contributed by atoms with Gasteiger partial charge in [0.05, 0.1) is 0 Å². The van der Waals surface area contributed by atoms with Gasteiger partial charge in [0, 0.05) is 0 Å². The molecule has 0 aromatic heterocycles. The zero-order chi connectivity index (χ0) is 18.2. The van der Waals surface area contributed by atoms with Crippen LogP contribution in [-0.2, 0) is 12.8 Å². The smallest absolute Gasteiger partial charge is 0.00667 e. The highest BCUT2D eigenvalue weighted by molar-refractivity contribution is 7.79. The highest BCUT2D eigenvalue weighted by atomic mass is 32.1. The van der Waals surface area contributed by atoms with E-state index in [1.807, 2.05) is 6.07 Å². The predicted octanol–water partition coefficient (Wildman–Crippen LogP) is 6.63. The Kier molecular flexibility index (Phi) is 13.4. The van der Waals surface area contributed by atoms with E-state index in [0.717, 1.165) is 19.3 Å². The first kappa shape index (κ1) is 22.0. The van der Waals surface area contributed by atoms with Crippen molar-refractivity contribution in [3.63, 3.8) is 0 Å². The summed E-state index contributed by atoms with van der Waals surface area (Å²) < 4.78 is 0. The van der Waals surface area contributed by atoms with Gasteiger partial charge < -0.3 is 0 Å². The van der Waals surface area contributed by atoms with E-state index in [0.29, 0.717) is 0 Å². The SMILES string of the molecule is C=C.C=C(C/C=C/Cc1cccc(C)c1)Cc1ccccc1.CS. The molecule has 2 aromatic rings. The molecule has 0 bridgehead atoms. The lowest BCUT2D eigenvalue weighted by atomic mass is 10.0. The lowest BCUT2D eigenvalue weighted by Gasteiger charge is -2.03. The third-order valence-corrected chi connectivity index (χ3v) is 3.31. The van der Waals surface area contributed by atoms with Gasteiger partial charge in [-0.25, -0.2) is 0 Å². The van der Waals surface area contributed by atoms with Crippen LogP contribution in [0.15, 0.2) is 92.1 Å². The third kappa shape index (κ3) is 9.91. The molecule has 0 saturated heterocycles. The highest BCUT2D eigenvalue weighted by Gasteiger charge is 1.95. The zero-order valence-electron chi connectivity index (χ0n) is 15.0. The summed E-state index contributed by atoms with van der Waals surface area (Å²) in [5, 5.41) is 0. The van der Waals surface area contributed by atoms with Gasteiger partial charge in [-0.1, -0.05) is 84.5 Å². The molecule has 0 aliphatic heterocycles. The molecule has 0 fully saturated rings. The van der Waals surface area contributed by atoms with Crippen LogP contribution in [0.2, 0.25) is 0 Å². The average molecular weight is 339 g/mol. The second-order valence-corrected chi connectivity index (χ2v) is 5.28. The molecule has 0 heterocycles. The van der Waals surface area contributed by atoms with Crippen LogP contribution in [0.25, 0.3) is 0 Å². The highest BCUT2D eigenvalue weighted by Crippen LogP contribution is 2.11. The van der Waals surface area contributed by atoms with Crippen LogP contribution >= 0.6 is 12.6 Å². The molecule has 0 aliphatic carbocycles. The maximum Gasteiger partial charge on any atom is -0.00667 e. The van der Waals surface area contributed by atoms with E-state index in [9.17, 15) is 0 Å². The minimum absolute atomic E-state index is 0.959. The number of aryl methyl sites for hydroxylation is 1. The van der Waals surface area contributed by atoms with Crippen molar-refractivity contribution in [1.82, 2.24) is 0 Å². The molecule has 0 nitrogen and oxygen atoms in total. The van der Waals surface area contributed by atoms with Gasteiger partial charge >= 0.3 is 0 Å². The summed E-state index contributed by atoms with van der Waals surface area (Å²) in [7, 11) is 0. The molecule has 128 valence electrons. The number of thiol groups is 1. The molecule has 0 N–H and O–H groups in total. The third-order valence-electron chi connectivity index (χ3n) is 3.31. The van der Waals surface area contributed by atoms with Gasteiger partial charge in [0.25, 0.3) is 0 Å². The summed E-state index contributed by atoms with van der Waals surface area (Å²) in [6, 6.07) is 19.2.